The van der Waals surface area contributed by atoms with E-state index < -0.39 is 24.7 Å². The molecule has 1 amide bonds. The molecule has 31 heavy (non-hydrogen) atoms. The van der Waals surface area contributed by atoms with Crippen LogP contribution in [-0.2, 0) is 9.53 Å². The van der Waals surface area contributed by atoms with Crippen molar-refractivity contribution in [1.82, 2.24) is 10.6 Å². The largest absolute Gasteiger partial charge is 0.490 e. The highest BCUT2D eigenvalue weighted by molar-refractivity contribution is 5.97. The highest BCUT2D eigenvalue weighted by Gasteiger charge is 2.28. The molecule has 0 radical (unpaired) electrons. The summed E-state index contributed by atoms with van der Waals surface area (Å²) >= 11 is 0. The summed E-state index contributed by atoms with van der Waals surface area (Å²) in [6.07, 6.45) is -1.28. The van der Waals surface area contributed by atoms with Crippen molar-refractivity contribution in [3.8, 4) is 11.5 Å². The smallest absolute Gasteiger partial charge is 0.422 e. The van der Waals surface area contributed by atoms with Gasteiger partial charge in [0.15, 0.2) is 6.61 Å². The number of carbonyl (C=O) groups excluding carboxylic acids is 1. The minimum absolute atomic E-state index is 0.0487. The normalized spacial score (nSPS) is 16.0. The molecular formula is C20H29F3N2O6. The summed E-state index contributed by atoms with van der Waals surface area (Å²) in [7, 11) is 1.52. The molecule has 1 unspecified atom stereocenters. The molecular weight excluding hydrogens is 421 g/mol. The number of piperidine rings is 1. The van der Waals surface area contributed by atoms with E-state index in [0.29, 0.717) is 13.2 Å². The van der Waals surface area contributed by atoms with E-state index in [9.17, 15) is 18.0 Å². The summed E-state index contributed by atoms with van der Waals surface area (Å²) in [5, 5.41) is 13.5. The first-order chi connectivity index (χ1) is 14.6. The van der Waals surface area contributed by atoms with Gasteiger partial charge in [0, 0.05) is 26.6 Å². The second-order valence-electron chi connectivity index (χ2n) is 6.78. The Bertz CT molecular complexity index is 690. The summed E-state index contributed by atoms with van der Waals surface area (Å²) < 4.78 is 52.2. The van der Waals surface area contributed by atoms with Crippen molar-refractivity contribution in [2.45, 2.75) is 38.4 Å². The van der Waals surface area contributed by atoms with Crippen LogP contribution >= 0.6 is 0 Å². The number of ether oxygens (including phenoxy) is 3. The third kappa shape index (κ3) is 12.0. The maximum atomic E-state index is 12.6. The molecule has 1 aliphatic heterocycles. The van der Waals surface area contributed by atoms with E-state index >= 15 is 0 Å². The van der Waals surface area contributed by atoms with E-state index in [2.05, 4.69) is 10.6 Å². The van der Waals surface area contributed by atoms with E-state index in [0.717, 1.165) is 32.7 Å². The Kier molecular flexibility index (Phi) is 11.7. The Morgan fingerprint density at radius 2 is 1.94 bits per heavy atom. The van der Waals surface area contributed by atoms with Crippen molar-refractivity contribution in [1.29, 1.82) is 0 Å². The minimum Gasteiger partial charge on any atom is -0.490 e. The number of hydrogen-bond acceptors (Lipinski definition) is 6. The second kappa shape index (κ2) is 13.7. The summed E-state index contributed by atoms with van der Waals surface area (Å²) in [4.78, 5) is 21.6. The van der Waals surface area contributed by atoms with Crippen LogP contribution in [0.5, 0.6) is 11.5 Å². The molecule has 1 atom stereocenters. The van der Waals surface area contributed by atoms with E-state index in [4.69, 9.17) is 24.1 Å². The van der Waals surface area contributed by atoms with Crippen LogP contribution in [0.15, 0.2) is 18.2 Å². The molecule has 1 fully saturated rings. The monoisotopic (exact) mass is 450 g/mol. The quantitative estimate of drug-likeness (QED) is 0.497. The average Bonchev–Trinajstić information content (AvgIpc) is 2.71. The van der Waals surface area contributed by atoms with Crippen LogP contribution in [0, 0.1) is 0 Å². The molecule has 0 bridgehead atoms. The molecule has 1 aromatic carbocycles. The maximum Gasteiger partial charge on any atom is 0.422 e. The van der Waals surface area contributed by atoms with Crippen LogP contribution in [0.4, 0.5) is 13.2 Å². The van der Waals surface area contributed by atoms with Crippen molar-refractivity contribution in [2.75, 3.05) is 40.0 Å². The van der Waals surface area contributed by atoms with Crippen molar-refractivity contribution in [3.05, 3.63) is 23.8 Å². The number of carboxylic acids is 1. The summed E-state index contributed by atoms with van der Waals surface area (Å²) in [5.74, 6) is -1.04. The van der Waals surface area contributed by atoms with Gasteiger partial charge in [-0.3, -0.25) is 9.59 Å². The Balaban J connectivity index is 0.00000110. The first-order valence-corrected chi connectivity index (χ1v) is 9.79. The molecule has 0 saturated carbocycles. The lowest BCUT2D eigenvalue weighted by Gasteiger charge is -2.23. The molecule has 1 aromatic rings. The predicted octanol–water partition coefficient (Wildman–Crippen LogP) is 2.62. The van der Waals surface area contributed by atoms with Gasteiger partial charge >= 0.3 is 6.18 Å². The van der Waals surface area contributed by atoms with E-state index in [1.54, 1.807) is 0 Å². The molecule has 0 aliphatic carbocycles. The van der Waals surface area contributed by atoms with Gasteiger partial charge in [0.05, 0.1) is 12.2 Å². The zero-order valence-corrected chi connectivity index (χ0v) is 17.6. The van der Waals surface area contributed by atoms with Gasteiger partial charge in [-0.05, 0) is 37.6 Å². The number of alkyl halides is 3. The van der Waals surface area contributed by atoms with Gasteiger partial charge in [0.25, 0.3) is 11.9 Å². The van der Waals surface area contributed by atoms with Crippen molar-refractivity contribution in [2.24, 2.45) is 0 Å². The number of halogens is 3. The third-order valence-electron chi connectivity index (χ3n) is 4.06. The number of rotatable bonds is 9. The Morgan fingerprint density at radius 3 is 2.52 bits per heavy atom. The van der Waals surface area contributed by atoms with Crippen LogP contribution in [0.25, 0.3) is 0 Å². The SMILES string of the molecule is CC(=O)O.COCCOc1ccc(OCC(F)(F)F)cc1C(=O)NCC1CCCCN1. The lowest BCUT2D eigenvalue weighted by molar-refractivity contribution is -0.153. The number of benzene rings is 1. The molecule has 8 nitrogen and oxygen atoms in total. The molecule has 1 aliphatic rings. The fourth-order valence-corrected chi connectivity index (χ4v) is 2.71. The van der Waals surface area contributed by atoms with E-state index in [1.807, 2.05) is 0 Å². The standard InChI is InChI=1S/C18H25F3N2O4.C2H4O2/c1-25-8-9-26-16-6-5-14(27-12-18(19,20)21)10-15(16)17(24)23-11-13-4-2-3-7-22-13;1-2(3)4/h5-6,10,13,22H,2-4,7-9,11-12H2,1H3,(H,23,24);1H3,(H,3,4). The molecule has 1 saturated heterocycles. The Morgan fingerprint density at radius 1 is 1.23 bits per heavy atom. The molecule has 0 spiro atoms. The van der Waals surface area contributed by atoms with Gasteiger partial charge in [0.1, 0.15) is 18.1 Å². The van der Waals surface area contributed by atoms with Crippen molar-refractivity contribution in [3.63, 3.8) is 0 Å². The number of carboxylic acid groups (broad SMARTS) is 1. The number of carbonyl (C=O) groups is 2. The average molecular weight is 450 g/mol. The first kappa shape index (κ1) is 26.5. The zero-order chi connectivity index (χ0) is 23.3. The van der Waals surface area contributed by atoms with Gasteiger partial charge in [-0.2, -0.15) is 13.2 Å². The van der Waals surface area contributed by atoms with E-state index in [-0.39, 0.29) is 29.7 Å². The highest BCUT2D eigenvalue weighted by atomic mass is 19.4. The lowest BCUT2D eigenvalue weighted by Crippen LogP contribution is -2.43. The van der Waals surface area contributed by atoms with Crippen LogP contribution in [0.1, 0.15) is 36.5 Å². The van der Waals surface area contributed by atoms with Gasteiger partial charge in [-0.25, -0.2) is 0 Å². The molecule has 11 heteroatoms. The minimum atomic E-state index is -4.46. The Labute approximate surface area is 179 Å². The van der Waals surface area contributed by atoms with Gasteiger partial charge in [-0.1, -0.05) is 6.42 Å². The summed E-state index contributed by atoms with van der Waals surface area (Å²) in [6, 6.07) is 4.21. The lowest BCUT2D eigenvalue weighted by atomic mass is 10.0. The van der Waals surface area contributed by atoms with Crippen LogP contribution in [0.3, 0.4) is 0 Å². The van der Waals surface area contributed by atoms with Gasteiger partial charge < -0.3 is 30.0 Å². The molecule has 0 aromatic heterocycles. The summed E-state index contributed by atoms with van der Waals surface area (Å²) in [5.41, 5.74) is 0.126. The van der Waals surface area contributed by atoms with Crippen molar-refractivity contribution < 1.29 is 42.1 Å². The Hall–Kier alpha value is -2.53. The van der Waals surface area contributed by atoms with Gasteiger partial charge in [-0.15, -0.1) is 0 Å². The summed E-state index contributed by atoms with van der Waals surface area (Å²) in [6.45, 7) is 1.53. The van der Waals surface area contributed by atoms with Gasteiger partial charge in [0.2, 0.25) is 0 Å². The maximum absolute atomic E-state index is 12.6. The van der Waals surface area contributed by atoms with Crippen LogP contribution in [-0.4, -0.2) is 69.2 Å². The number of methoxy groups -OCH3 is 1. The number of nitrogens with one attached hydrogen (secondary N) is 2. The zero-order valence-electron chi connectivity index (χ0n) is 17.6. The topological polar surface area (TPSA) is 106 Å². The third-order valence-corrected chi connectivity index (χ3v) is 4.06. The molecule has 3 N–H and O–H groups in total. The van der Waals surface area contributed by atoms with Crippen LogP contribution < -0.4 is 20.1 Å². The molecule has 1 heterocycles. The second-order valence-corrected chi connectivity index (χ2v) is 6.78. The molecule has 2 rings (SSSR count). The number of hydrogen-bond donors (Lipinski definition) is 3. The molecule has 176 valence electrons. The van der Waals surface area contributed by atoms with E-state index in [1.165, 1.54) is 25.3 Å². The predicted molar refractivity (Wildman–Crippen MR) is 107 cm³/mol. The highest BCUT2D eigenvalue weighted by Crippen LogP contribution is 2.26. The number of amides is 1. The van der Waals surface area contributed by atoms with Crippen LogP contribution in [0.2, 0.25) is 0 Å². The number of aliphatic carboxylic acids is 1. The van der Waals surface area contributed by atoms with Crippen molar-refractivity contribution >= 4 is 11.9 Å². The fourth-order valence-electron chi connectivity index (χ4n) is 2.71. The fraction of sp³-hybridized carbons (Fsp3) is 0.600. The first-order valence-electron chi connectivity index (χ1n) is 9.79.